The predicted octanol–water partition coefficient (Wildman–Crippen LogP) is 0.466. The first-order valence-electron chi connectivity index (χ1n) is 5.22. The highest BCUT2D eigenvalue weighted by atomic mass is 79.9. The van der Waals surface area contributed by atoms with E-state index in [9.17, 15) is 9.59 Å². The minimum absolute atomic E-state index is 0.0620. The van der Waals surface area contributed by atoms with Crippen LogP contribution in [0.1, 0.15) is 12.8 Å². The first kappa shape index (κ1) is 13.4. The maximum atomic E-state index is 11.6. The Morgan fingerprint density at radius 1 is 1.62 bits per heavy atom. The largest absolute Gasteiger partial charge is 0.468 e. The summed E-state index contributed by atoms with van der Waals surface area (Å²) in [6.45, 7) is 1.44. The number of alkyl halides is 1. The van der Waals surface area contributed by atoms with Gasteiger partial charge < -0.3 is 14.8 Å². The van der Waals surface area contributed by atoms with Gasteiger partial charge >= 0.3 is 5.97 Å². The number of esters is 1. The molecule has 16 heavy (non-hydrogen) atoms. The summed E-state index contributed by atoms with van der Waals surface area (Å²) in [6.07, 6.45) is 1.75. The molecule has 1 aliphatic rings. The number of hydrogen-bond acceptors (Lipinski definition) is 4. The average Bonchev–Trinajstić information content (AvgIpc) is 2.35. The minimum atomic E-state index is -0.494. The number of nitrogens with one attached hydrogen (secondary N) is 1. The van der Waals surface area contributed by atoms with Gasteiger partial charge in [0.2, 0.25) is 5.91 Å². The van der Waals surface area contributed by atoms with Gasteiger partial charge in [-0.3, -0.25) is 9.59 Å². The Morgan fingerprint density at radius 3 is 2.94 bits per heavy atom. The van der Waals surface area contributed by atoms with E-state index in [1.54, 1.807) is 0 Å². The Bertz CT molecular complexity index is 253. The summed E-state index contributed by atoms with van der Waals surface area (Å²) in [4.78, 5) is 22.2. The van der Waals surface area contributed by atoms with Gasteiger partial charge in [0.05, 0.1) is 19.6 Å². The molecule has 2 atom stereocenters. The minimum Gasteiger partial charge on any atom is -0.468 e. The molecule has 1 N–H and O–H groups in total. The number of amides is 1. The van der Waals surface area contributed by atoms with Gasteiger partial charge in [0.1, 0.15) is 4.83 Å². The van der Waals surface area contributed by atoms with Crippen molar-refractivity contribution in [2.45, 2.75) is 17.7 Å². The lowest BCUT2D eigenvalue weighted by Gasteiger charge is -2.21. The van der Waals surface area contributed by atoms with Crippen LogP contribution >= 0.6 is 15.9 Å². The van der Waals surface area contributed by atoms with Crippen LogP contribution in [0.3, 0.4) is 0 Å². The summed E-state index contributed by atoms with van der Waals surface area (Å²) in [5, 5.41) is 2.70. The number of carbonyl (C=O) groups excluding carboxylic acids is 2. The maximum Gasteiger partial charge on any atom is 0.321 e. The first-order valence-corrected chi connectivity index (χ1v) is 6.14. The number of methoxy groups -OCH3 is 1. The summed E-state index contributed by atoms with van der Waals surface area (Å²) in [5.41, 5.74) is 0. The number of rotatable bonds is 4. The Kier molecular flexibility index (Phi) is 5.76. The SMILES string of the molecule is COC(=O)C(Br)CNC(=O)C1CCCOC1. The molecule has 1 heterocycles. The molecule has 1 rings (SSSR count). The van der Waals surface area contributed by atoms with Crippen molar-refractivity contribution in [3.63, 3.8) is 0 Å². The molecular weight excluding hydrogens is 278 g/mol. The molecule has 92 valence electrons. The van der Waals surface area contributed by atoms with Gasteiger partial charge in [0, 0.05) is 13.2 Å². The van der Waals surface area contributed by atoms with Crippen LogP contribution in [0, 0.1) is 5.92 Å². The van der Waals surface area contributed by atoms with E-state index in [2.05, 4.69) is 26.0 Å². The predicted molar refractivity (Wildman–Crippen MR) is 61.3 cm³/mol. The van der Waals surface area contributed by atoms with Gasteiger partial charge in [0.15, 0.2) is 0 Å². The average molecular weight is 294 g/mol. The van der Waals surface area contributed by atoms with Gasteiger partial charge in [-0.25, -0.2) is 0 Å². The molecule has 0 saturated carbocycles. The Hall–Kier alpha value is -0.620. The van der Waals surface area contributed by atoms with E-state index in [0.29, 0.717) is 6.61 Å². The van der Waals surface area contributed by atoms with Gasteiger partial charge in [-0.1, -0.05) is 15.9 Å². The van der Waals surface area contributed by atoms with Crippen LogP contribution in [0.4, 0.5) is 0 Å². The van der Waals surface area contributed by atoms with Crippen molar-refractivity contribution < 1.29 is 19.1 Å². The van der Waals surface area contributed by atoms with E-state index in [1.807, 2.05) is 0 Å². The van der Waals surface area contributed by atoms with Gasteiger partial charge in [-0.15, -0.1) is 0 Å². The van der Waals surface area contributed by atoms with Crippen LogP contribution in [0.2, 0.25) is 0 Å². The molecule has 2 unspecified atom stereocenters. The molecule has 0 aromatic rings. The maximum absolute atomic E-state index is 11.6. The Morgan fingerprint density at radius 2 is 2.38 bits per heavy atom. The van der Waals surface area contributed by atoms with Crippen LogP contribution in [-0.4, -0.2) is 43.6 Å². The van der Waals surface area contributed by atoms with E-state index >= 15 is 0 Å². The molecule has 1 amide bonds. The van der Waals surface area contributed by atoms with Gasteiger partial charge in [0.25, 0.3) is 0 Å². The molecule has 1 aliphatic heterocycles. The van der Waals surface area contributed by atoms with Crippen molar-refractivity contribution in [3.8, 4) is 0 Å². The number of ether oxygens (including phenoxy) is 2. The molecule has 0 bridgehead atoms. The lowest BCUT2D eigenvalue weighted by molar-refractivity contribution is -0.139. The van der Waals surface area contributed by atoms with Gasteiger partial charge in [-0.2, -0.15) is 0 Å². The summed E-state index contributed by atoms with van der Waals surface area (Å²) < 4.78 is 9.74. The summed E-state index contributed by atoms with van der Waals surface area (Å²) >= 11 is 3.14. The third kappa shape index (κ3) is 4.09. The molecule has 6 heteroatoms. The van der Waals surface area contributed by atoms with Crippen LogP contribution in [0.25, 0.3) is 0 Å². The lowest BCUT2D eigenvalue weighted by Crippen LogP contribution is -2.40. The molecule has 0 spiro atoms. The first-order chi connectivity index (χ1) is 7.65. The second kappa shape index (κ2) is 6.85. The second-order valence-electron chi connectivity index (χ2n) is 3.65. The zero-order chi connectivity index (χ0) is 12.0. The van der Waals surface area contributed by atoms with Crippen molar-refractivity contribution >= 4 is 27.8 Å². The summed E-state index contributed by atoms with van der Waals surface area (Å²) in [5.74, 6) is -0.542. The molecule has 0 aromatic carbocycles. The van der Waals surface area contributed by atoms with Crippen LogP contribution < -0.4 is 5.32 Å². The second-order valence-corrected chi connectivity index (χ2v) is 4.76. The number of carbonyl (C=O) groups is 2. The fraction of sp³-hybridized carbons (Fsp3) is 0.800. The normalized spacial score (nSPS) is 22.2. The van der Waals surface area contributed by atoms with E-state index in [4.69, 9.17) is 4.74 Å². The van der Waals surface area contributed by atoms with Crippen LogP contribution in [-0.2, 0) is 19.1 Å². The highest BCUT2D eigenvalue weighted by Crippen LogP contribution is 2.13. The number of hydrogen-bond donors (Lipinski definition) is 1. The third-order valence-corrected chi connectivity index (χ3v) is 3.14. The standard InChI is InChI=1S/C10H16BrNO4/c1-15-10(14)8(11)5-12-9(13)7-3-2-4-16-6-7/h7-8H,2-6H2,1H3,(H,12,13). The van der Waals surface area contributed by atoms with E-state index in [1.165, 1.54) is 7.11 Å². The van der Waals surface area contributed by atoms with E-state index < -0.39 is 4.83 Å². The molecule has 0 aromatic heterocycles. The molecule has 1 fully saturated rings. The fourth-order valence-electron chi connectivity index (χ4n) is 1.49. The zero-order valence-corrected chi connectivity index (χ0v) is 10.8. The smallest absolute Gasteiger partial charge is 0.321 e. The summed E-state index contributed by atoms with van der Waals surface area (Å²) in [6, 6.07) is 0. The topological polar surface area (TPSA) is 64.6 Å². The van der Waals surface area contributed by atoms with Crippen molar-refractivity contribution in [3.05, 3.63) is 0 Å². The lowest BCUT2D eigenvalue weighted by atomic mass is 10.0. The number of halogens is 1. The van der Waals surface area contributed by atoms with Gasteiger partial charge in [-0.05, 0) is 12.8 Å². The molecule has 0 aliphatic carbocycles. The van der Waals surface area contributed by atoms with Crippen LogP contribution in [0.5, 0.6) is 0 Å². The summed E-state index contributed by atoms with van der Waals surface area (Å²) in [7, 11) is 1.31. The Labute approximate surface area is 103 Å². The third-order valence-electron chi connectivity index (χ3n) is 2.44. The highest BCUT2D eigenvalue weighted by molar-refractivity contribution is 9.10. The monoisotopic (exact) mass is 293 g/mol. The van der Waals surface area contributed by atoms with E-state index in [-0.39, 0.29) is 24.3 Å². The van der Waals surface area contributed by atoms with E-state index in [0.717, 1.165) is 19.4 Å². The van der Waals surface area contributed by atoms with Crippen molar-refractivity contribution in [2.24, 2.45) is 5.92 Å². The highest BCUT2D eigenvalue weighted by Gasteiger charge is 2.23. The molecule has 0 radical (unpaired) electrons. The van der Waals surface area contributed by atoms with Crippen molar-refractivity contribution in [1.82, 2.24) is 5.32 Å². The quantitative estimate of drug-likeness (QED) is 0.604. The van der Waals surface area contributed by atoms with Crippen LogP contribution in [0.15, 0.2) is 0 Å². The fourth-order valence-corrected chi connectivity index (χ4v) is 1.84. The van der Waals surface area contributed by atoms with Crippen molar-refractivity contribution in [1.29, 1.82) is 0 Å². The molecule has 1 saturated heterocycles. The molecule has 5 nitrogen and oxygen atoms in total. The molecular formula is C10H16BrNO4. The Balaban J connectivity index is 2.26. The zero-order valence-electron chi connectivity index (χ0n) is 9.20. The van der Waals surface area contributed by atoms with Crippen molar-refractivity contribution in [2.75, 3.05) is 26.9 Å².